The maximum atomic E-state index is 12.7. The summed E-state index contributed by atoms with van der Waals surface area (Å²) < 4.78 is 17.1. The average molecular weight is 726 g/mol. The van der Waals surface area contributed by atoms with Gasteiger partial charge in [-0.15, -0.1) is 0 Å². The number of nitrogens with zero attached hydrogens (tertiary/aromatic N) is 1. The van der Waals surface area contributed by atoms with Gasteiger partial charge < -0.3 is 28.6 Å². The average Bonchev–Trinajstić information content (AvgIpc) is 3.09. The predicted octanol–water partition coefficient (Wildman–Crippen LogP) is 8.85. The molecule has 0 aromatic rings. The van der Waals surface area contributed by atoms with Crippen LogP contribution in [0, 0.1) is 0 Å². The number of allylic oxidation sites excluding steroid dienone is 14. The Kier molecular flexibility index (Phi) is 32.3. The van der Waals surface area contributed by atoms with Gasteiger partial charge in [-0.3, -0.25) is 9.59 Å². The number of hydrogen-bond acceptors (Lipinski definition) is 7. The van der Waals surface area contributed by atoms with Crippen LogP contribution in [0.25, 0.3) is 0 Å². The van der Waals surface area contributed by atoms with E-state index in [0.29, 0.717) is 6.42 Å². The Morgan fingerprint density at radius 1 is 0.577 bits per heavy atom. The zero-order chi connectivity index (χ0) is 38.5. The highest BCUT2D eigenvalue weighted by Gasteiger charge is 2.25. The van der Waals surface area contributed by atoms with Crippen LogP contribution in [0.5, 0.6) is 0 Å². The molecule has 0 radical (unpaired) electrons. The Labute approximate surface area is 316 Å². The van der Waals surface area contributed by atoms with Gasteiger partial charge in [0.15, 0.2) is 6.10 Å². The number of carbonyl (C=O) groups excluding carboxylic acids is 3. The molecule has 0 aromatic carbocycles. The van der Waals surface area contributed by atoms with Crippen LogP contribution in [-0.2, 0) is 28.6 Å². The first-order valence-corrected chi connectivity index (χ1v) is 19.7. The van der Waals surface area contributed by atoms with Gasteiger partial charge in [0.1, 0.15) is 12.6 Å². The third-order valence-corrected chi connectivity index (χ3v) is 8.18. The summed E-state index contributed by atoms with van der Waals surface area (Å²) in [6, 6.07) is -0.737. The zero-order valence-electron chi connectivity index (χ0n) is 33.2. The normalized spacial score (nSPS) is 13.9. The van der Waals surface area contributed by atoms with Crippen molar-refractivity contribution in [2.75, 3.05) is 41.0 Å². The summed E-state index contributed by atoms with van der Waals surface area (Å²) in [4.78, 5) is 36.7. The van der Waals surface area contributed by atoms with Crippen LogP contribution in [0.2, 0.25) is 0 Å². The van der Waals surface area contributed by atoms with Crippen molar-refractivity contribution in [3.8, 4) is 0 Å². The van der Waals surface area contributed by atoms with E-state index >= 15 is 0 Å². The van der Waals surface area contributed by atoms with Crippen LogP contribution in [0.3, 0.4) is 0 Å². The quantitative estimate of drug-likeness (QED) is 0.0288. The van der Waals surface area contributed by atoms with Crippen molar-refractivity contribution in [2.45, 2.75) is 135 Å². The minimum absolute atomic E-state index is 0.0186. The first-order valence-electron chi connectivity index (χ1n) is 19.7. The van der Waals surface area contributed by atoms with Crippen LogP contribution in [0.1, 0.15) is 123 Å². The Balaban J connectivity index is 4.50. The van der Waals surface area contributed by atoms with Crippen LogP contribution in [-0.4, -0.2) is 75.5 Å². The molecular formula is C44H71NO7. The lowest BCUT2D eigenvalue weighted by molar-refractivity contribution is -0.889. The molecule has 0 amide bonds. The fraction of sp³-hybridized carbons (Fsp3) is 0.614. The number of ether oxygens (including phenoxy) is 3. The second kappa shape index (κ2) is 34.6. The Hall–Kier alpha value is -3.49. The highest BCUT2D eigenvalue weighted by atomic mass is 16.6. The SMILES string of the molecule is CC/C=C/C=C/C=C/C=C/CCCCCCCC(=O)OCC(COCCC(C(=O)[O-])[N+](C)(C)C)OC(=O)CCCCCCC/C=C/C=C/C=C/CC. The zero-order valence-corrected chi connectivity index (χ0v) is 33.2. The number of rotatable bonds is 33. The summed E-state index contributed by atoms with van der Waals surface area (Å²) in [5.41, 5.74) is 0. The maximum Gasteiger partial charge on any atom is 0.306 e. The summed E-state index contributed by atoms with van der Waals surface area (Å²) in [6.45, 7) is 4.31. The molecule has 0 heterocycles. The second-order valence-corrected chi connectivity index (χ2v) is 13.9. The van der Waals surface area contributed by atoms with Gasteiger partial charge in [0.2, 0.25) is 0 Å². The number of hydrogen-bond donors (Lipinski definition) is 0. The third-order valence-electron chi connectivity index (χ3n) is 8.18. The monoisotopic (exact) mass is 726 g/mol. The first-order chi connectivity index (χ1) is 25.1. The standard InChI is InChI=1S/C44H71NO7/c1-6-8-10-12-14-16-18-20-21-23-24-26-28-30-32-34-42(46)51-39-40(38-50-37-36-41(44(48)49)45(3,4)5)52-43(47)35-33-31-29-27-25-22-19-17-15-13-11-9-7-2/h8-21,40-41H,6-7,22-39H2,1-5H3/b10-8+,11-9+,14-12+,15-13+,18-16+,19-17+,21-20+. The van der Waals surface area contributed by atoms with Crippen LogP contribution in [0.15, 0.2) is 85.1 Å². The van der Waals surface area contributed by atoms with Crippen molar-refractivity contribution in [3.63, 3.8) is 0 Å². The van der Waals surface area contributed by atoms with E-state index in [2.05, 4.69) is 56.4 Å². The number of likely N-dealkylation sites (N-methyl/N-ethyl adjacent to an activating group) is 1. The van der Waals surface area contributed by atoms with Crippen LogP contribution < -0.4 is 5.11 Å². The molecule has 0 aliphatic heterocycles. The summed E-state index contributed by atoms with van der Waals surface area (Å²) in [5, 5.41) is 11.6. The molecule has 0 N–H and O–H groups in total. The molecule has 0 rings (SSSR count). The molecule has 0 saturated heterocycles. The molecule has 0 aliphatic carbocycles. The molecule has 52 heavy (non-hydrogen) atoms. The molecule has 8 heteroatoms. The molecule has 0 spiro atoms. The maximum absolute atomic E-state index is 12.7. The van der Waals surface area contributed by atoms with Crippen molar-refractivity contribution in [3.05, 3.63) is 85.1 Å². The molecule has 0 fully saturated rings. The molecule has 2 unspecified atom stereocenters. The van der Waals surface area contributed by atoms with Gasteiger partial charge in [0.25, 0.3) is 0 Å². The van der Waals surface area contributed by atoms with Crippen molar-refractivity contribution in [2.24, 2.45) is 0 Å². The largest absolute Gasteiger partial charge is 0.544 e. The molecule has 8 nitrogen and oxygen atoms in total. The fourth-order valence-electron chi connectivity index (χ4n) is 5.14. The molecule has 0 bridgehead atoms. The van der Waals surface area contributed by atoms with Gasteiger partial charge in [0.05, 0.1) is 40.3 Å². The second-order valence-electron chi connectivity index (χ2n) is 13.9. The van der Waals surface area contributed by atoms with Gasteiger partial charge in [0, 0.05) is 19.3 Å². The molecule has 294 valence electrons. The van der Waals surface area contributed by atoms with Gasteiger partial charge in [-0.05, 0) is 51.4 Å². The highest BCUT2D eigenvalue weighted by molar-refractivity contribution is 5.70. The topological polar surface area (TPSA) is 102 Å². The van der Waals surface area contributed by atoms with Gasteiger partial charge >= 0.3 is 11.9 Å². The van der Waals surface area contributed by atoms with Gasteiger partial charge in [-0.25, -0.2) is 0 Å². The van der Waals surface area contributed by atoms with E-state index in [4.69, 9.17) is 14.2 Å². The molecule has 0 aliphatic rings. The number of quaternary nitrogens is 1. The third kappa shape index (κ3) is 32.4. The summed E-state index contributed by atoms with van der Waals surface area (Å²) in [6.07, 6.45) is 43.2. The molecular weight excluding hydrogens is 654 g/mol. The Morgan fingerprint density at radius 3 is 1.50 bits per heavy atom. The van der Waals surface area contributed by atoms with E-state index in [1.807, 2.05) is 42.5 Å². The summed E-state index contributed by atoms with van der Waals surface area (Å²) in [5.74, 6) is -1.81. The van der Waals surface area contributed by atoms with Crippen molar-refractivity contribution in [1.82, 2.24) is 0 Å². The summed E-state index contributed by atoms with van der Waals surface area (Å²) in [7, 11) is 5.37. The number of aliphatic carboxylic acids is 1. The smallest absolute Gasteiger partial charge is 0.306 e. The summed E-state index contributed by atoms with van der Waals surface area (Å²) >= 11 is 0. The van der Waals surface area contributed by atoms with Gasteiger partial charge in [-0.1, -0.05) is 137 Å². The van der Waals surface area contributed by atoms with Crippen LogP contribution in [0.4, 0.5) is 0 Å². The number of unbranched alkanes of at least 4 members (excludes halogenated alkanes) is 10. The minimum atomic E-state index is -1.14. The fourth-order valence-corrected chi connectivity index (χ4v) is 5.14. The van der Waals surface area contributed by atoms with E-state index < -0.39 is 18.1 Å². The number of carbonyl (C=O) groups is 3. The highest BCUT2D eigenvalue weighted by Crippen LogP contribution is 2.12. The van der Waals surface area contributed by atoms with E-state index in [9.17, 15) is 19.5 Å². The lowest BCUT2D eigenvalue weighted by Crippen LogP contribution is -2.55. The molecule has 0 saturated carbocycles. The van der Waals surface area contributed by atoms with Crippen molar-refractivity contribution >= 4 is 17.9 Å². The predicted molar refractivity (Wildman–Crippen MR) is 212 cm³/mol. The van der Waals surface area contributed by atoms with Crippen molar-refractivity contribution in [1.29, 1.82) is 0 Å². The Bertz CT molecular complexity index is 1120. The first kappa shape index (κ1) is 48.5. The van der Waals surface area contributed by atoms with E-state index in [1.165, 1.54) is 0 Å². The number of carboxylic acids is 1. The molecule has 0 aromatic heterocycles. The minimum Gasteiger partial charge on any atom is -0.544 e. The Morgan fingerprint density at radius 2 is 1.02 bits per heavy atom. The van der Waals surface area contributed by atoms with E-state index in [1.54, 1.807) is 21.1 Å². The van der Waals surface area contributed by atoms with Crippen molar-refractivity contribution < 1.29 is 38.2 Å². The molecule has 2 atom stereocenters. The number of esters is 2. The van der Waals surface area contributed by atoms with Crippen LogP contribution >= 0.6 is 0 Å². The lowest BCUT2D eigenvalue weighted by atomic mass is 10.1. The van der Waals surface area contributed by atoms with E-state index in [0.717, 1.165) is 89.9 Å². The van der Waals surface area contributed by atoms with E-state index in [-0.39, 0.29) is 49.1 Å². The lowest BCUT2D eigenvalue weighted by Gasteiger charge is -2.34. The van der Waals surface area contributed by atoms with Gasteiger partial charge in [-0.2, -0.15) is 0 Å². The number of carboxylic acid groups (broad SMARTS) is 1.